The molecular weight excluding hydrogens is 250 g/mol. The van der Waals surface area contributed by atoms with Crippen molar-refractivity contribution in [3.05, 3.63) is 0 Å². The second-order valence-electron chi connectivity index (χ2n) is 6.63. The highest BCUT2D eigenvalue weighted by Gasteiger charge is 2.22. The summed E-state index contributed by atoms with van der Waals surface area (Å²) in [6.45, 7) is 10.8. The maximum atomic E-state index is 12.3. The van der Waals surface area contributed by atoms with Crippen molar-refractivity contribution in [2.24, 2.45) is 5.92 Å². The summed E-state index contributed by atoms with van der Waals surface area (Å²) in [4.78, 5) is 16.9. The first-order valence-corrected chi connectivity index (χ1v) is 8.41. The summed E-state index contributed by atoms with van der Waals surface area (Å²) < 4.78 is 0. The number of piperidine rings is 1. The molecule has 0 saturated carbocycles. The van der Waals surface area contributed by atoms with Crippen molar-refractivity contribution in [1.82, 2.24) is 15.1 Å². The van der Waals surface area contributed by atoms with Crippen LogP contribution in [-0.2, 0) is 4.79 Å². The van der Waals surface area contributed by atoms with Crippen molar-refractivity contribution in [1.29, 1.82) is 0 Å². The average Bonchev–Trinajstić information content (AvgIpc) is 2.97. The van der Waals surface area contributed by atoms with Crippen LogP contribution in [-0.4, -0.2) is 61.0 Å². The first-order valence-electron chi connectivity index (χ1n) is 8.41. The predicted octanol–water partition coefficient (Wildman–Crippen LogP) is 1.71. The fourth-order valence-electron chi connectivity index (χ4n) is 3.32. The first kappa shape index (κ1) is 15.8. The molecule has 0 aromatic rings. The molecule has 20 heavy (non-hydrogen) atoms. The Bertz CT molecular complexity index is 296. The maximum Gasteiger partial charge on any atom is 0.239 e. The van der Waals surface area contributed by atoms with Gasteiger partial charge in [-0.05, 0) is 64.6 Å². The topological polar surface area (TPSA) is 35.6 Å². The van der Waals surface area contributed by atoms with E-state index >= 15 is 0 Å². The molecule has 1 amide bonds. The van der Waals surface area contributed by atoms with Gasteiger partial charge in [-0.1, -0.05) is 6.92 Å². The lowest BCUT2D eigenvalue weighted by Crippen LogP contribution is -2.48. The Morgan fingerprint density at radius 1 is 1.00 bits per heavy atom. The summed E-state index contributed by atoms with van der Waals surface area (Å²) in [7, 11) is 0. The zero-order chi connectivity index (χ0) is 14.4. The molecule has 0 aliphatic carbocycles. The van der Waals surface area contributed by atoms with Crippen LogP contribution >= 0.6 is 0 Å². The molecule has 0 spiro atoms. The Morgan fingerprint density at radius 2 is 1.60 bits per heavy atom. The van der Waals surface area contributed by atoms with E-state index < -0.39 is 0 Å². The number of amides is 1. The number of nitrogens with zero attached hydrogens (tertiary/aromatic N) is 2. The van der Waals surface area contributed by atoms with Gasteiger partial charge in [-0.25, -0.2) is 0 Å². The molecule has 2 rings (SSSR count). The van der Waals surface area contributed by atoms with Crippen molar-refractivity contribution in [2.45, 2.75) is 52.0 Å². The molecule has 2 unspecified atom stereocenters. The van der Waals surface area contributed by atoms with Gasteiger partial charge >= 0.3 is 0 Å². The Hall–Kier alpha value is -0.610. The predicted molar refractivity (Wildman–Crippen MR) is 82.7 cm³/mol. The van der Waals surface area contributed by atoms with Crippen LogP contribution in [0.4, 0.5) is 0 Å². The minimum Gasteiger partial charge on any atom is -0.341 e. The molecule has 0 bridgehead atoms. The molecular formula is C16H31N3O. The molecule has 2 atom stereocenters. The van der Waals surface area contributed by atoms with Crippen molar-refractivity contribution in [2.75, 3.05) is 39.3 Å². The van der Waals surface area contributed by atoms with Crippen LogP contribution in [0.3, 0.4) is 0 Å². The summed E-state index contributed by atoms with van der Waals surface area (Å²) in [6, 6.07) is -0.0332. The van der Waals surface area contributed by atoms with E-state index in [9.17, 15) is 4.79 Å². The van der Waals surface area contributed by atoms with E-state index in [-0.39, 0.29) is 11.9 Å². The van der Waals surface area contributed by atoms with Crippen LogP contribution in [0, 0.1) is 5.92 Å². The van der Waals surface area contributed by atoms with Gasteiger partial charge in [0, 0.05) is 19.6 Å². The average molecular weight is 281 g/mol. The summed E-state index contributed by atoms with van der Waals surface area (Å²) in [6.07, 6.45) is 6.32. The van der Waals surface area contributed by atoms with Gasteiger partial charge in [-0.3, -0.25) is 4.79 Å². The highest BCUT2D eigenvalue weighted by atomic mass is 16.2. The van der Waals surface area contributed by atoms with Crippen molar-refractivity contribution in [3.8, 4) is 0 Å². The number of carbonyl (C=O) groups excluding carboxylic acids is 1. The third-order valence-electron chi connectivity index (χ3n) is 4.58. The molecule has 2 aliphatic rings. The number of carbonyl (C=O) groups is 1. The number of nitrogens with one attached hydrogen (secondary N) is 1. The lowest BCUT2D eigenvalue weighted by molar-refractivity contribution is -0.133. The van der Waals surface area contributed by atoms with Crippen molar-refractivity contribution in [3.63, 3.8) is 0 Å². The SMILES string of the molecule is CC(CNC(C)C(=O)N1CCCCC1)CN1CCCC1. The lowest BCUT2D eigenvalue weighted by Gasteiger charge is -2.30. The molecule has 116 valence electrons. The van der Waals surface area contributed by atoms with Crippen LogP contribution in [0.15, 0.2) is 0 Å². The quantitative estimate of drug-likeness (QED) is 0.805. The molecule has 0 aromatic carbocycles. The molecule has 4 heteroatoms. The summed E-state index contributed by atoms with van der Waals surface area (Å²) in [5, 5.41) is 3.44. The lowest BCUT2D eigenvalue weighted by atomic mass is 10.1. The van der Waals surface area contributed by atoms with Gasteiger partial charge in [-0.2, -0.15) is 0 Å². The minimum absolute atomic E-state index is 0.0332. The standard InChI is InChI=1S/C16H31N3O/c1-14(13-18-8-6-7-9-18)12-17-15(2)16(20)19-10-4-3-5-11-19/h14-15,17H,3-13H2,1-2H3. The number of hydrogen-bond donors (Lipinski definition) is 1. The summed E-state index contributed by atoms with van der Waals surface area (Å²) in [5.41, 5.74) is 0. The molecule has 2 heterocycles. The van der Waals surface area contributed by atoms with E-state index in [0.29, 0.717) is 5.92 Å². The maximum absolute atomic E-state index is 12.3. The molecule has 4 nitrogen and oxygen atoms in total. The zero-order valence-corrected chi connectivity index (χ0v) is 13.2. The van der Waals surface area contributed by atoms with Crippen LogP contribution in [0.2, 0.25) is 0 Å². The third-order valence-corrected chi connectivity index (χ3v) is 4.58. The van der Waals surface area contributed by atoms with Gasteiger partial charge in [0.15, 0.2) is 0 Å². The van der Waals surface area contributed by atoms with Gasteiger partial charge in [-0.15, -0.1) is 0 Å². The summed E-state index contributed by atoms with van der Waals surface area (Å²) >= 11 is 0. The van der Waals surface area contributed by atoms with E-state index in [1.54, 1.807) is 0 Å². The molecule has 2 fully saturated rings. The van der Waals surface area contributed by atoms with Crippen LogP contribution in [0.25, 0.3) is 0 Å². The van der Waals surface area contributed by atoms with E-state index in [1.165, 1.54) is 45.2 Å². The molecule has 0 radical (unpaired) electrons. The molecule has 2 aliphatic heterocycles. The Morgan fingerprint density at radius 3 is 2.25 bits per heavy atom. The van der Waals surface area contributed by atoms with Crippen LogP contribution in [0.1, 0.15) is 46.0 Å². The summed E-state index contributed by atoms with van der Waals surface area (Å²) in [5.74, 6) is 0.905. The monoisotopic (exact) mass is 281 g/mol. The van der Waals surface area contributed by atoms with Crippen molar-refractivity contribution >= 4 is 5.91 Å². The van der Waals surface area contributed by atoms with Crippen molar-refractivity contribution < 1.29 is 4.79 Å². The number of rotatable bonds is 6. The molecule has 0 aromatic heterocycles. The molecule has 2 saturated heterocycles. The Kier molecular flexibility index (Phi) is 6.30. The minimum atomic E-state index is -0.0332. The van der Waals surface area contributed by atoms with Gasteiger partial charge in [0.1, 0.15) is 0 Å². The largest absolute Gasteiger partial charge is 0.341 e. The second-order valence-corrected chi connectivity index (χ2v) is 6.63. The smallest absolute Gasteiger partial charge is 0.239 e. The van der Waals surface area contributed by atoms with E-state index in [4.69, 9.17) is 0 Å². The van der Waals surface area contributed by atoms with E-state index in [1.807, 2.05) is 11.8 Å². The fourth-order valence-corrected chi connectivity index (χ4v) is 3.32. The van der Waals surface area contributed by atoms with E-state index in [2.05, 4.69) is 17.1 Å². The zero-order valence-electron chi connectivity index (χ0n) is 13.2. The number of hydrogen-bond acceptors (Lipinski definition) is 3. The highest BCUT2D eigenvalue weighted by Crippen LogP contribution is 2.11. The van der Waals surface area contributed by atoms with Gasteiger partial charge < -0.3 is 15.1 Å². The number of likely N-dealkylation sites (tertiary alicyclic amines) is 2. The fraction of sp³-hybridized carbons (Fsp3) is 0.938. The Labute approximate surface area is 123 Å². The highest BCUT2D eigenvalue weighted by molar-refractivity contribution is 5.81. The van der Waals surface area contributed by atoms with Crippen LogP contribution < -0.4 is 5.32 Å². The van der Waals surface area contributed by atoms with Gasteiger partial charge in [0.05, 0.1) is 6.04 Å². The van der Waals surface area contributed by atoms with Crippen LogP contribution in [0.5, 0.6) is 0 Å². The normalized spacial score (nSPS) is 23.8. The third kappa shape index (κ3) is 4.74. The van der Waals surface area contributed by atoms with E-state index in [0.717, 1.165) is 26.2 Å². The molecule has 1 N–H and O–H groups in total. The first-order chi connectivity index (χ1) is 9.66. The second kappa shape index (κ2) is 7.99. The Balaban J connectivity index is 1.65. The van der Waals surface area contributed by atoms with Gasteiger partial charge in [0.25, 0.3) is 0 Å². The van der Waals surface area contributed by atoms with Gasteiger partial charge in [0.2, 0.25) is 5.91 Å².